The normalized spacial score (nSPS) is 11.7. The minimum absolute atomic E-state index is 0.537. The summed E-state index contributed by atoms with van der Waals surface area (Å²) in [5.74, 6) is 1.41. The monoisotopic (exact) mass is 456 g/mol. The van der Waals surface area contributed by atoms with Crippen LogP contribution in [-0.4, -0.2) is 65.6 Å². The molecular weight excluding hydrogens is 420 g/mol. The summed E-state index contributed by atoms with van der Waals surface area (Å²) in [6.45, 7) is 8.66. The number of rotatable bonds is 8. The van der Waals surface area contributed by atoms with E-state index in [0.29, 0.717) is 25.6 Å². The van der Waals surface area contributed by atoms with Gasteiger partial charge in [-0.25, -0.2) is 4.98 Å². The highest BCUT2D eigenvalue weighted by Crippen LogP contribution is 2.34. The van der Waals surface area contributed by atoms with Crippen LogP contribution < -0.4 is 25.6 Å². The average molecular weight is 457 g/mol. The molecule has 9 nitrogen and oxygen atoms in total. The highest BCUT2D eigenvalue weighted by molar-refractivity contribution is 5.79. The first-order chi connectivity index (χ1) is 16.0. The molecule has 1 aliphatic rings. The third kappa shape index (κ3) is 9.61. The number of anilines is 3. The second-order valence-corrected chi connectivity index (χ2v) is 6.87. The molecule has 1 aliphatic heterocycles. The van der Waals surface area contributed by atoms with Gasteiger partial charge in [0.1, 0.15) is 18.2 Å². The number of nitrogens with two attached hydrogens (primary N) is 1. The van der Waals surface area contributed by atoms with Crippen LogP contribution in [0.15, 0.2) is 53.8 Å². The van der Waals surface area contributed by atoms with Gasteiger partial charge in [0.25, 0.3) is 0 Å². The van der Waals surface area contributed by atoms with E-state index >= 15 is 0 Å². The molecule has 0 fully saturated rings. The van der Waals surface area contributed by atoms with Gasteiger partial charge in [-0.05, 0) is 61.8 Å². The van der Waals surface area contributed by atoms with E-state index in [1.165, 1.54) is 0 Å². The lowest BCUT2D eigenvalue weighted by Gasteiger charge is -2.31. The number of fused-ring (bicyclic) bond motifs is 1. The SMILES string of the molecule is C=NC.CCN(C=O)c1ccc2c(c1)N(C/C=C/NC)CCO2.COCc1ccnc(N)c1. The molecule has 0 radical (unpaired) electrons. The van der Waals surface area contributed by atoms with Gasteiger partial charge in [-0.15, -0.1) is 0 Å². The van der Waals surface area contributed by atoms with Gasteiger partial charge < -0.3 is 35.3 Å². The molecule has 2 heterocycles. The van der Waals surface area contributed by atoms with Gasteiger partial charge in [-0.3, -0.25) is 4.79 Å². The molecule has 1 aromatic carbocycles. The molecule has 0 atom stereocenters. The number of nitrogens with zero attached hydrogens (tertiary/aromatic N) is 4. The summed E-state index contributed by atoms with van der Waals surface area (Å²) in [5, 5.41) is 2.99. The Balaban J connectivity index is 0.000000349. The van der Waals surface area contributed by atoms with E-state index in [4.69, 9.17) is 15.2 Å². The molecule has 0 spiro atoms. The van der Waals surface area contributed by atoms with Crippen LogP contribution in [0.1, 0.15) is 12.5 Å². The van der Waals surface area contributed by atoms with E-state index in [9.17, 15) is 4.79 Å². The molecule has 0 saturated carbocycles. The first-order valence-electron chi connectivity index (χ1n) is 10.6. The molecule has 0 aliphatic carbocycles. The van der Waals surface area contributed by atoms with Crippen LogP contribution in [-0.2, 0) is 16.1 Å². The van der Waals surface area contributed by atoms with Crippen molar-refractivity contribution in [3.8, 4) is 5.75 Å². The molecule has 180 valence electrons. The molecule has 0 unspecified atom stereocenters. The minimum Gasteiger partial charge on any atom is -0.490 e. The fraction of sp³-hybridized carbons (Fsp3) is 0.375. The predicted molar refractivity (Wildman–Crippen MR) is 136 cm³/mol. The summed E-state index contributed by atoms with van der Waals surface area (Å²) in [6, 6.07) is 9.54. The zero-order chi connectivity index (χ0) is 24.5. The van der Waals surface area contributed by atoms with Gasteiger partial charge >= 0.3 is 0 Å². The zero-order valence-corrected chi connectivity index (χ0v) is 20.0. The van der Waals surface area contributed by atoms with Crippen LogP contribution >= 0.6 is 0 Å². The first-order valence-corrected chi connectivity index (χ1v) is 10.6. The number of hydrogen-bond donors (Lipinski definition) is 2. The molecule has 2 aromatic rings. The van der Waals surface area contributed by atoms with Gasteiger partial charge in [-0.2, -0.15) is 0 Å². The number of pyridine rings is 1. The van der Waals surface area contributed by atoms with Gasteiger partial charge in [0.15, 0.2) is 0 Å². The van der Waals surface area contributed by atoms with Gasteiger partial charge in [0, 0.05) is 46.2 Å². The van der Waals surface area contributed by atoms with Crippen molar-refractivity contribution >= 4 is 30.3 Å². The standard InChI is InChI=1S/C15H21N3O2.C7H10N2O.C2H5N/c1-3-17(12-19)13-5-6-15-14(11-13)18(9-10-20-15)8-4-7-16-2;1-10-5-6-2-3-9-7(8)4-6;1-3-2/h4-7,11-12,16H,3,8-10H2,1-2H3;2-4H,5H2,1H3,(H2,8,9);1H2,2H3/b7-4+;;. The molecule has 3 N–H and O–H groups in total. The third-order valence-electron chi connectivity index (χ3n) is 4.47. The van der Waals surface area contributed by atoms with Crippen LogP contribution in [0.3, 0.4) is 0 Å². The molecule has 1 amide bonds. The molecule has 9 heteroatoms. The Morgan fingerprint density at radius 3 is 2.76 bits per heavy atom. The Bertz CT molecular complexity index is 875. The topological polar surface area (TPSA) is 105 Å². The Morgan fingerprint density at radius 1 is 1.39 bits per heavy atom. The second-order valence-electron chi connectivity index (χ2n) is 6.87. The number of methoxy groups -OCH3 is 1. The lowest BCUT2D eigenvalue weighted by Crippen LogP contribution is -2.33. The van der Waals surface area contributed by atoms with E-state index in [1.54, 1.807) is 31.3 Å². The van der Waals surface area contributed by atoms with Crippen LogP contribution in [0.5, 0.6) is 5.75 Å². The summed E-state index contributed by atoms with van der Waals surface area (Å²) >= 11 is 0. The Morgan fingerprint density at radius 2 is 2.15 bits per heavy atom. The fourth-order valence-electron chi connectivity index (χ4n) is 3.00. The third-order valence-corrected chi connectivity index (χ3v) is 4.47. The maximum atomic E-state index is 11.1. The van der Waals surface area contributed by atoms with E-state index in [0.717, 1.165) is 42.2 Å². The van der Waals surface area contributed by atoms with Crippen molar-refractivity contribution in [1.29, 1.82) is 0 Å². The lowest BCUT2D eigenvalue weighted by atomic mass is 10.2. The average Bonchev–Trinajstić information content (AvgIpc) is 2.81. The Kier molecular flexibility index (Phi) is 13.4. The number of nitrogen functional groups attached to an aromatic ring is 1. The highest BCUT2D eigenvalue weighted by Gasteiger charge is 2.18. The summed E-state index contributed by atoms with van der Waals surface area (Å²) < 4.78 is 10.6. The summed E-state index contributed by atoms with van der Waals surface area (Å²) in [7, 11) is 5.17. The number of carbonyl (C=O) groups is 1. The maximum Gasteiger partial charge on any atom is 0.214 e. The number of ether oxygens (including phenoxy) is 2. The number of hydrogen-bond acceptors (Lipinski definition) is 8. The number of benzene rings is 1. The van der Waals surface area contributed by atoms with Crippen molar-refractivity contribution in [1.82, 2.24) is 10.3 Å². The van der Waals surface area contributed by atoms with Crippen molar-refractivity contribution in [2.75, 3.05) is 63.0 Å². The minimum atomic E-state index is 0.537. The number of aromatic nitrogens is 1. The van der Waals surface area contributed by atoms with Crippen molar-refractivity contribution in [3.63, 3.8) is 0 Å². The van der Waals surface area contributed by atoms with E-state index < -0.39 is 0 Å². The van der Waals surface area contributed by atoms with E-state index in [1.807, 2.05) is 44.4 Å². The Hall–Kier alpha value is -3.59. The van der Waals surface area contributed by atoms with Crippen LogP contribution in [0.2, 0.25) is 0 Å². The van der Waals surface area contributed by atoms with Crippen molar-refractivity contribution in [2.24, 2.45) is 4.99 Å². The number of amides is 1. The zero-order valence-electron chi connectivity index (χ0n) is 20.0. The predicted octanol–water partition coefficient (Wildman–Crippen LogP) is 2.73. The molecule has 0 saturated heterocycles. The van der Waals surface area contributed by atoms with Crippen LogP contribution in [0.4, 0.5) is 17.2 Å². The largest absolute Gasteiger partial charge is 0.490 e. The van der Waals surface area contributed by atoms with Crippen molar-refractivity contribution in [2.45, 2.75) is 13.5 Å². The van der Waals surface area contributed by atoms with Crippen LogP contribution in [0.25, 0.3) is 0 Å². The van der Waals surface area contributed by atoms with Crippen molar-refractivity contribution < 1.29 is 14.3 Å². The Labute approximate surface area is 196 Å². The molecule has 0 bridgehead atoms. The molecule has 33 heavy (non-hydrogen) atoms. The first kappa shape index (κ1) is 27.4. The summed E-state index contributed by atoms with van der Waals surface area (Å²) in [4.78, 5) is 22.1. The maximum absolute atomic E-state index is 11.1. The summed E-state index contributed by atoms with van der Waals surface area (Å²) in [6.07, 6.45) is 6.52. The number of aliphatic imine (C=N–C) groups is 1. The molecule has 1 aromatic heterocycles. The quantitative estimate of drug-likeness (QED) is 0.465. The molecular formula is C24H36N6O3. The van der Waals surface area contributed by atoms with E-state index in [-0.39, 0.29) is 0 Å². The van der Waals surface area contributed by atoms with Crippen molar-refractivity contribution in [3.05, 3.63) is 54.4 Å². The molecule has 3 rings (SSSR count). The van der Waals surface area contributed by atoms with Crippen LogP contribution in [0, 0.1) is 0 Å². The van der Waals surface area contributed by atoms with Gasteiger partial charge in [0.2, 0.25) is 6.41 Å². The lowest BCUT2D eigenvalue weighted by molar-refractivity contribution is -0.107. The highest BCUT2D eigenvalue weighted by atomic mass is 16.5. The van der Waals surface area contributed by atoms with E-state index in [2.05, 4.69) is 33.0 Å². The van der Waals surface area contributed by atoms with Gasteiger partial charge in [0.05, 0.1) is 18.8 Å². The second kappa shape index (κ2) is 16.1. The summed E-state index contributed by atoms with van der Waals surface area (Å²) in [5.41, 5.74) is 8.41. The fourth-order valence-corrected chi connectivity index (χ4v) is 3.00. The number of nitrogens with one attached hydrogen (secondary N) is 1. The smallest absolute Gasteiger partial charge is 0.214 e. The van der Waals surface area contributed by atoms with Gasteiger partial charge in [-0.1, -0.05) is 0 Å². The number of carbonyl (C=O) groups excluding carboxylic acids is 1.